The number of carbonyl (C=O) groups is 3. The van der Waals surface area contributed by atoms with Gasteiger partial charge in [0.25, 0.3) is 5.91 Å². The number of carbonyl (C=O) groups excluding carboxylic acids is 3. The molecule has 0 fully saturated rings. The van der Waals surface area contributed by atoms with Crippen LogP contribution < -0.4 is 5.32 Å². The van der Waals surface area contributed by atoms with Crippen LogP contribution in [0.3, 0.4) is 0 Å². The fourth-order valence-electron chi connectivity index (χ4n) is 2.80. The second-order valence-corrected chi connectivity index (χ2v) is 6.57. The second-order valence-electron chi connectivity index (χ2n) is 6.13. The molecule has 0 saturated carbocycles. The van der Waals surface area contributed by atoms with Crippen molar-refractivity contribution in [3.05, 3.63) is 57.4 Å². The third-order valence-electron chi connectivity index (χ3n) is 4.23. The summed E-state index contributed by atoms with van der Waals surface area (Å²) in [5.41, 5.74) is 2.48. The molecule has 28 heavy (non-hydrogen) atoms. The number of halogens is 1. The minimum absolute atomic E-state index is 0.143. The normalized spacial score (nSPS) is 10.4. The van der Waals surface area contributed by atoms with E-state index in [9.17, 15) is 14.4 Å². The van der Waals surface area contributed by atoms with Crippen molar-refractivity contribution in [3.63, 3.8) is 0 Å². The summed E-state index contributed by atoms with van der Waals surface area (Å²) in [7, 11) is 1.28. The minimum atomic E-state index is -0.702. The summed E-state index contributed by atoms with van der Waals surface area (Å²) >= 11 is 5.92. The smallest absolute Gasteiger partial charge is 0.355 e. The van der Waals surface area contributed by atoms with Gasteiger partial charge in [-0.3, -0.25) is 4.79 Å². The number of benzene rings is 1. The van der Waals surface area contributed by atoms with Crippen molar-refractivity contribution in [3.8, 4) is 0 Å². The molecule has 0 bridgehead atoms. The van der Waals surface area contributed by atoms with Gasteiger partial charge in [0.2, 0.25) is 0 Å². The predicted molar refractivity (Wildman–Crippen MR) is 105 cm³/mol. The van der Waals surface area contributed by atoms with Gasteiger partial charge < -0.3 is 19.8 Å². The number of esters is 2. The fraction of sp³-hybridized carbons (Fsp3) is 0.350. The Labute approximate surface area is 168 Å². The molecule has 8 heteroatoms. The monoisotopic (exact) mass is 406 g/mol. The summed E-state index contributed by atoms with van der Waals surface area (Å²) in [5, 5.41) is 3.32. The summed E-state index contributed by atoms with van der Waals surface area (Å²) in [6.07, 6.45) is 1.13. The summed E-state index contributed by atoms with van der Waals surface area (Å²) < 4.78 is 9.82. The van der Waals surface area contributed by atoms with Crippen LogP contribution in [0, 0.1) is 6.92 Å². The van der Waals surface area contributed by atoms with E-state index >= 15 is 0 Å². The van der Waals surface area contributed by atoms with Crippen molar-refractivity contribution in [2.24, 2.45) is 0 Å². The van der Waals surface area contributed by atoms with E-state index < -0.39 is 24.5 Å². The van der Waals surface area contributed by atoms with Crippen LogP contribution in [0.1, 0.15) is 44.6 Å². The zero-order valence-electron chi connectivity index (χ0n) is 16.1. The number of H-pyrrole nitrogens is 1. The van der Waals surface area contributed by atoms with Gasteiger partial charge in [0.1, 0.15) is 5.69 Å². The lowest BCUT2D eigenvalue weighted by atomic mass is 10.1. The van der Waals surface area contributed by atoms with Crippen LogP contribution in [0.4, 0.5) is 0 Å². The molecule has 1 amide bonds. The number of amides is 1. The summed E-state index contributed by atoms with van der Waals surface area (Å²) in [5.74, 6) is -1.64. The SMILES string of the molecule is CCc1[nH]c(C(=O)OCC(=O)NCCc2cccc(Cl)c2)c(C)c1C(=O)OC. The molecule has 2 rings (SSSR count). The molecule has 1 aromatic carbocycles. The molecule has 150 valence electrons. The summed E-state index contributed by atoms with van der Waals surface area (Å²) in [6.45, 7) is 3.45. The van der Waals surface area contributed by atoms with Gasteiger partial charge in [-0.2, -0.15) is 0 Å². The molecule has 0 spiro atoms. The topological polar surface area (TPSA) is 97.5 Å². The maximum Gasteiger partial charge on any atom is 0.355 e. The quantitative estimate of drug-likeness (QED) is 0.657. The molecule has 0 atom stereocenters. The number of hydrogen-bond acceptors (Lipinski definition) is 5. The Bertz CT molecular complexity index is 875. The van der Waals surface area contributed by atoms with Crippen LogP contribution in [-0.4, -0.2) is 43.1 Å². The van der Waals surface area contributed by atoms with E-state index in [4.69, 9.17) is 21.1 Å². The Balaban J connectivity index is 1.88. The molecule has 0 unspecified atom stereocenters. The van der Waals surface area contributed by atoms with Crippen LogP contribution in [0.25, 0.3) is 0 Å². The highest BCUT2D eigenvalue weighted by Gasteiger charge is 2.24. The summed E-state index contributed by atoms with van der Waals surface area (Å²) in [4.78, 5) is 39.0. The summed E-state index contributed by atoms with van der Waals surface area (Å²) in [6, 6.07) is 7.36. The Hall–Kier alpha value is -2.80. The highest BCUT2D eigenvalue weighted by Crippen LogP contribution is 2.20. The highest BCUT2D eigenvalue weighted by molar-refractivity contribution is 6.30. The molecular formula is C20H23ClN2O5. The van der Waals surface area contributed by atoms with E-state index in [0.29, 0.717) is 41.2 Å². The molecule has 2 aromatic rings. The van der Waals surface area contributed by atoms with Crippen molar-refractivity contribution in [2.75, 3.05) is 20.3 Å². The number of hydrogen-bond donors (Lipinski definition) is 2. The Morgan fingerprint density at radius 2 is 1.96 bits per heavy atom. The maximum atomic E-state index is 12.3. The number of methoxy groups -OCH3 is 1. The van der Waals surface area contributed by atoms with Crippen molar-refractivity contribution < 1.29 is 23.9 Å². The Morgan fingerprint density at radius 3 is 2.61 bits per heavy atom. The Morgan fingerprint density at radius 1 is 1.21 bits per heavy atom. The number of aryl methyl sites for hydroxylation is 1. The molecule has 0 aliphatic heterocycles. The van der Waals surface area contributed by atoms with Gasteiger partial charge in [-0.05, 0) is 43.0 Å². The third-order valence-corrected chi connectivity index (χ3v) is 4.47. The van der Waals surface area contributed by atoms with E-state index in [1.807, 2.05) is 25.1 Å². The lowest BCUT2D eigenvalue weighted by Gasteiger charge is -2.07. The van der Waals surface area contributed by atoms with Gasteiger partial charge in [-0.15, -0.1) is 0 Å². The van der Waals surface area contributed by atoms with Crippen LogP contribution in [0.2, 0.25) is 5.02 Å². The number of rotatable bonds is 8. The molecule has 1 aromatic heterocycles. The van der Waals surface area contributed by atoms with Crippen LogP contribution >= 0.6 is 11.6 Å². The first-order chi connectivity index (χ1) is 13.4. The van der Waals surface area contributed by atoms with Gasteiger partial charge >= 0.3 is 11.9 Å². The maximum absolute atomic E-state index is 12.3. The van der Waals surface area contributed by atoms with Gasteiger partial charge in [0.15, 0.2) is 6.61 Å². The largest absolute Gasteiger partial charge is 0.465 e. The van der Waals surface area contributed by atoms with E-state index in [-0.39, 0.29) is 5.69 Å². The third kappa shape index (κ3) is 5.36. The lowest BCUT2D eigenvalue weighted by molar-refractivity contribution is -0.124. The van der Waals surface area contributed by atoms with Gasteiger partial charge in [-0.1, -0.05) is 30.7 Å². The Kier molecular flexibility index (Phi) is 7.63. The van der Waals surface area contributed by atoms with Crippen molar-refractivity contribution in [1.82, 2.24) is 10.3 Å². The van der Waals surface area contributed by atoms with E-state index in [0.717, 1.165) is 5.56 Å². The molecule has 0 saturated heterocycles. The number of aromatic nitrogens is 1. The van der Waals surface area contributed by atoms with Crippen molar-refractivity contribution in [2.45, 2.75) is 26.7 Å². The molecule has 0 radical (unpaired) electrons. The van der Waals surface area contributed by atoms with Gasteiger partial charge in [0.05, 0.1) is 12.7 Å². The van der Waals surface area contributed by atoms with Crippen LogP contribution in [-0.2, 0) is 27.1 Å². The van der Waals surface area contributed by atoms with Gasteiger partial charge in [0, 0.05) is 17.3 Å². The van der Waals surface area contributed by atoms with Crippen molar-refractivity contribution in [1.29, 1.82) is 0 Å². The average Bonchev–Trinajstić information content (AvgIpc) is 3.02. The molecule has 2 N–H and O–H groups in total. The average molecular weight is 407 g/mol. The fourth-order valence-corrected chi connectivity index (χ4v) is 3.01. The zero-order chi connectivity index (χ0) is 20.7. The molecule has 7 nitrogen and oxygen atoms in total. The number of ether oxygens (including phenoxy) is 2. The van der Waals surface area contributed by atoms with Gasteiger partial charge in [-0.25, -0.2) is 9.59 Å². The number of aromatic amines is 1. The standard InChI is InChI=1S/C20H23ClN2O5/c1-4-15-17(19(25)27-3)12(2)18(23-15)20(26)28-11-16(24)22-9-8-13-6-5-7-14(21)10-13/h5-7,10,23H,4,8-9,11H2,1-3H3,(H,22,24). The zero-order valence-corrected chi connectivity index (χ0v) is 16.8. The first-order valence-electron chi connectivity index (χ1n) is 8.85. The highest BCUT2D eigenvalue weighted by atomic mass is 35.5. The lowest BCUT2D eigenvalue weighted by Crippen LogP contribution is -2.30. The van der Waals surface area contributed by atoms with Crippen LogP contribution in [0.15, 0.2) is 24.3 Å². The first-order valence-corrected chi connectivity index (χ1v) is 9.23. The number of nitrogens with one attached hydrogen (secondary N) is 2. The van der Waals surface area contributed by atoms with E-state index in [1.54, 1.807) is 13.0 Å². The molecule has 0 aliphatic carbocycles. The molecule has 1 heterocycles. The predicted octanol–water partition coefficient (Wildman–Crippen LogP) is 2.84. The minimum Gasteiger partial charge on any atom is -0.465 e. The van der Waals surface area contributed by atoms with E-state index in [2.05, 4.69) is 10.3 Å². The van der Waals surface area contributed by atoms with E-state index in [1.165, 1.54) is 7.11 Å². The first kappa shape index (κ1) is 21.5. The second kappa shape index (κ2) is 9.94. The van der Waals surface area contributed by atoms with Crippen molar-refractivity contribution >= 4 is 29.4 Å². The van der Waals surface area contributed by atoms with Crippen LogP contribution in [0.5, 0.6) is 0 Å². The molecule has 0 aliphatic rings. The molecular weight excluding hydrogens is 384 g/mol.